The average molecular weight is 297 g/mol. The number of nitrogens with zero attached hydrogens (tertiary/aromatic N) is 5. The molecule has 5 nitrogen and oxygen atoms in total. The average Bonchev–Trinajstić information content (AvgIpc) is 2.29. The summed E-state index contributed by atoms with van der Waals surface area (Å²) >= 11 is 17.2. The molecule has 2 heterocycles. The summed E-state index contributed by atoms with van der Waals surface area (Å²) < 4.78 is -1.61. The number of halogens is 3. The van der Waals surface area contributed by atoms with E-state index in [1.165, 1.54) is 6.33 Å². The number of rotatable bonds is 1. The Balaban J connectivity index is 2.16. The molecule has 0 atom stereocenters. The standard InChI is InChI=1S/C9H12Cl3N5/c1-16-2-4-17(5-3-16)8-14-6-13-7(15-8)9(10,11)12/h6H,2-5H2,1H3. The van der Waals surface area contributed by atoms with Crippen molar-refractivity contribution in [3.05, 3.63) is 12.2 Å². The number of likely N-dealkylation sites (N-methyl/N-ethyl adjacent to an activating group) is 1. The minimum Gasteiger partial charge on any atom is -0.338 e. The predicted octanol–water partition coefficient (Wildman–Crippen LogP) is 1.45. The highest BCUT2D eigenvalue weighted by Gasteiger charge is 2.28. The third-order valence-corrected chi connectivity index (χ3v) is 3.11. The second-order valence-corrected chi connectivity index (χ2v) is 6.18. The largest absolute Gasteiger partial charge is 0.338 e. The van der Waals surface area contributed by atoms with Crippen LogP contribution in [0.15, 0.2) is 6.33 Å². The first kappa shape index (κ1) is 13.1. The molecule has 0 saturated carbocycles. The monoisotopic (exact) mass is 295 g/mol. The van der Waals surface area contributed by atoms with Gasteiger partial charge >= 0.3 is 0 Å². The van der Waals surface area contributed by atoms with Gasteiger partial charge in [0.05, 0.1) is 0 Å². The third kappa shape index (κ3) is 3.31. The summed E-state index contributed by atoms with van der Waals surface area (Å²) in [5.41, 5.74) is 0. The summed E-state index contributed by atoms with van der Waals surface area (Å²) in [6, 6.07) is 0. The van der Waals surface area contributed by atoms with Crippen molar-refractivity contribution < 1.29 is 0 Å². The molecular weight excluding hydrogens is 284 g/mol. The zero-order valence-corrected chi connectivity index (χ0v) is 11.5. The van der Waals surface area contributed by atoms with Crippen molar-refractivity contribution in [1.29, 1.82) is 0 Å². The van der Waals surface area contributed by atoms with Crippen LogP contribution in [0.2, 0.25) is 0 Å². The van der Waals surface area contributed by atoms with E-state index in [0.717, 1.165) is 26.2 Å². The van der Waals surface area contributed by atoms with Gasteiger partial charge in [-0.25, -0.2) is 9.97 Å². The van der Waals surface area contributed by atoms with Gasteiger partial charge in [0.1, 0.15) is 6.33 Å². The van der Waals surface area contributed by atoms with E-state index in [1.807, 2.05) is 0 Å². The molecule has 1 aliphatic heterocycles. The molecule has 1 aliphatic rings. The normalized spacial score (nSPS) is 18.5. The van der Waals surface area contributed by atoms with Crippen molar-refractivity contribution in [3.8, 4) is 0 Å². The Hall–Kier alpha value is -0.360. The Morgan fingerprint density at radius 1 is 1.12 bits per heavy atom. The number of aromatic nitrogens is 3. The van der Waals surface area contributed by atoms with E-state index in [-0.39, 0.29) is 5.82 Å². The van der Waals surface area contributed by atoms with Gasteiger partial charge in [0.2, 0.25) is 9.74 Å². The number of piperazine rings is 1. The molecule has 1 fully saturated rings. The topological polar surface area (TPSA) is 45.2 Å². The van der Waals surface area contributed by atoms with E-state index < -0.39 is 3.79 Å². The molecule has 0 amide bonds. The molecule has 0 spiro atoms. The minimum absolute atomic E-state index is 0.159. The van der Waals surface area contributed by atoms with Crippen LogP contribution >= 0.6 is 34.8 Å². The highest BCUT2D eigenvalue weighted by molar-refractivity contribution is 6.66. The van der Waals surface area contributed by atoms with E-state index in [2.05, 4.69) is 31.8 Å². The van der Waals surface area contributed by atoms with Crippen molar-refractivity contribution in [1.82, 2.24) is 19.9 Å². The molecule has 0 aliphatic carbocycles. The fourth-order valence-electron chi connectivity index (χ4n) is 1.58. The quantitative estimate of drug-likeness (QED) is 0.734. The van der Waals surface area contributed by atoms with Crippen LogP contribution in [-0.4, -0.2) is 53.1 Å². The molecule has 2 rings (SSSR count). The van der Waals surface area contributed by atoms with Gasteiger partial charge in [-0.3, -0.25) is 0 Å². The fraction of sp³-hybridized carbons (Fsp3) is 0.667. The van der Waals surface area contributed by atoms with Crippen molar-refractivity contribution in [2.45, 2.75) is 3.79 Å². The van der Waals surface area contributed by atoms with E-state index >= 15 is 0 Å². The van der Waals surface area contributed by atoms with Gasteiger partial charge in [-0.05, 0) is 7.05 Å². The summed E-state index contributed by atoms with van der Waals surface area (Å²) in [5.74, 6) is 0.723. The molecule has 0 radical (unpaired) electrons. The van der Waals surface area contributed by atoms with Crippen LogP contribution in [0.5, 0.6) is 0 Å². The van der Waals surface area contributed by atoms with E-state index in [1.54, 1.807) is 0 Å². The highest BCUT2D eigenvalue weighted by Crippen LogP contribution is 2.35. The van der Waals surface area contributed by atoms with Crippen molar-refractivity contribution in [3.63, 3.8) is 0 Å². The second-order valence-electron chi connectivity index (χ2n) is 3.90. The number of hydrogen-bond acceptors (Lipinski definition) is 5. The lowest BCUT2D eigenvalue weighted by Gasteiger charge is -2.32. The SMILES string of the molecule is CN1CCN(c2ncnc(C(Cl)(Cl)Cl)n2)CC1. The minimum atomic E-state index is -1.61. The van der Waals surface area contributed by atoms with Crippen molar-refractivity contribution in [2.75, 3.05) is 38.1 Å². The maximum atomic E-state index is 5.74. The van der Waals surface area contributed by atoms with Crippen LogP contribution in [0, 0.1) is 0 Å². The first-order valence-corrected chi connectivity index (χ1v) is 6.30. The molecule has 0 bridgehead atoms. The molecule has 0 unspecified atom stereocenters. The predicted molar refractivity (Wildman–Crippen MR) is 68.8 cm³/mol. The molecule has 8 heteroatoms. The molecule has 1 aromatic heterocycles. The van der Waals surface area contributed by atoms with Crippen LogP contribution in [0.25, 0.3) is 0 Å². The maximum Gasteiger partial charge on any atom is 0.250 e. The van der Waals surface area contributed by atoms with Crippen LogP contribution in [-0.2, 0) is 3.79 Å². The van der Waals surface area contributed by atoms with Gasteiger partial charge in [0.15, 0.2) is 5.82 Å². The summed E-state index contributed by atoms with van der Waals surface area (Å²) in [6.07, 6.45) is 1.37. The zero-order chi connectivity index (χ0) is 12.5. The number of hydrogen-bond donors (Lipinski definition) is 0. The number of alkyl halides is 3. The second kappa shape index (κ2) is 5.10. The van der Waals surface area contributed by atoms with Crippen LogP contribution < -0.4 is 4.90 Å². The molecular formula is C9H12Cl3N5. The molecule has 1 aromatic rings. The van der Waals surface area contributed by atoms with Gasteiger partial charge in [-0.1, -0.05) is 34.8 Å². The van der Waals surface area contributed by atoms with Crippen LogP contribution in [0.1, 0.15) is 5.82 Å². The molecule has 0 aromatic carbocycles. The first-order valence-electron chi connectivity index (χ1n) is 5.16. The Morgan fingerprint density at radius 3 is 2.35 bits per heavy atom. The Morgan fingerprint density at radius 2 is 1.76 bits per heavy atom. The number of anilines is 1. The summed E-state index contributed by atoms with van der Waals surface area (Å²) in [5, 5.41) is 0. The molecule has 17 heavy (non-hydrogen) atoms. The van der Waals surface area contributed by atoms with Gasteiger partial charge in [-0.15, -0.1) is 0 Å². The van der Waals surface area contributed by atoms with Crippen molar-refractivity contribution in [2.24, 2.45) is 0 Å². The van der Waals surface area contributed by atoms with Gasteiger partial charge in [-0.2, -0.15) is 4.98 Å². The van der Waals surface area contributed by atoms with Crippen molar-refractivity contribution >= 4 is 40.8 Å². The zero-order valence-electron chi connectivity index (χ0n) is 9.28. The molecule has 0 N–H and O–H groups in total. The highest BCUT2D eigenvalue weighted by atomic mass is 35.6. The van der Waals surface area contributed by atoms with Gasteiger partial charge in [0, 0.05) is 26.2 Å². The van der Waals surface area contributed by atoms with E-state index in [9.17, 15) is 0 Å². The smallest absolute Gasteiger partial charge is 0.250 e. The third-order valence-electron chi connectivity index (χ3n) is 2.60. The fourth-order valence-corrected chi connectivity index (χ4v) is 1.86. The van der Waals surface area contributed by atoms with Crippen LogP contribution in [0.3, 0.4) is 0 Å². The maximum absolute atomic E-state index is 5.74. The van der Waals surface area contributed by atoms with E-state index in [4.69, 9.17) is 34.8 Å². The van der Waals surface area contributed by atoms with E-state index in [0.29, 0.717) is 5.95 Å². The van der Waals surface area contributed by atoms with Gasteiger partial charge in [0.25, 0.3) is 0 Å². The lowest BCUT2D eigenvalue weighted by atomic mass is 10.3. The first-order chi connectivity index (χ1) is 7.97. The van der Waals surface area contributed by atoms with Crippen LogP contribution in [0.4, 0.5) is 5.95 Å². The summed E-state index contributed by atoms with van der Waals surface area (Å²) in [7, 11) is 2.08. The summed E-state index contributed by atoms with van der Waals surface area (Å²) in [6.45, 7) is 3.66. The Kier molecular flexibility index (Phi) is 3.92. The van der Waals surface area contributed by atoms with Gasteiger partial charge < -0.3 is 9.80 Å². The molecule has 94 valence electrons. The lowest BCUT2D eigenvalue weighted by Crippen LogP contribution is -2.45. The summed E-state index contributed by atoms with van der Waals surface area (Å²) in [4.78, 5) is 16.5. The lowest BCUT2D eigenvalue weighted by molar-refractivity contribution is 0.311. The Bertz CT molecular complexity index is 386. The Labute approximate surface area is 115 Å². The molecule has 1 saturated heterocycles.